The molecular formula is C16H22N4O3S2. The first kappa shape index (κ1) is 19.5. The number of carbonyl (C=O) groups is 1. The number of amides is 1. The number of hydrogen-bond acceptors (Lipinski definition) is 6. The third kappa shape index (κ3) is 4.42. The van der Waals surface area contributed by atoms with Gasteiger partial charge in [0.1, 0.15) is 5.01 Å². The van der Waals surface area contributed by atoms with Gasteiger partial charge >= 0.3 is 0 Å². The summed E-state index contributed by atoms with van der Waals surface area (Å²) in [6.07, 6.45) is 1.92. The number of nitrogens with one attached hydrogen (secondary N) is 2. The first-order valence-corrected chi connectivity index (χ1v) is 10.3. The maximum Gasteiger partial charge on any atom is 0.257 e. The van der Waals surface area contributed by atoms with Crippen molar-refractivity contribution in [3.05, 3.63) is 34.3 Å². The summed E-state index contributed by atoms with van der Waals surface area (Å²) in [5.74, 6) is -0.0770. The second-order valence-corrected chi connectivity index (χ2v) is 8.49. The summed E-state index contributed by atoms with van der Waals surface area (Å²) in [5, 5.41) is 12.2. The highest BCUT2D eigenvalue weighted by molar-refractivity contribution is 7.89. The zero-order chi connectivity index (χ0) is 18.6. The van der Waals surface area contributed by atoms with Crippen LogP contribution in [0.4, 0.5) is 5.13 Å². The fourth-order valence-corrected chi connectivity index (χ4v) is 4.14. The van der Waals surface area contributed by atoms with Crippen molar-refractivity contribution in [1.29, 1.82) is 0 Å². The van der Waals surface area contributed by atoms with Crippen molar-refractivity contribution in [3.8, 4) is 0 Å². The molecule has 0 saturated heterocycles. The molecule has 0 aliphatic heterocycles. The van der Waals surface area contributed by atoms with Gasteiger partial charge in [0.05, 0.1) is 4.90 Å². The van der Waals surface area contributed by atoms with Gasteiger partial charge in [-0.15, -0.1) is 10.2 Å². The van der Waals surface area contributed by atoms with E-state index in [9.17, 15) is 13.2 Å². The minimum atomic E-state index is -3.61. The van der Waals surface area contributed by atoms with E-state index in [2.05, 4.69) is 34.1 Å². The Bertz CT molecular complexity index is 858. The summed E-state index contributed by atoms with van der Waals surface area (Å²) in [6, 6.07) is 4.43. The smallest absolute Gasteiger partial charge is 0.257 e. The van der Waals surface area contributed by atoms with Crippen molar-refractivity contribution >= 4 is 32.4 Å². The Morgan fingerprint density at radius 1 is 1.24 bits per heavy atom. The molecular weight excluding hydrogens is 360 g/mol. The zero-order valence-electron chi connectivity index (χ0n) is 14.7. The van der Waals surface area contributed by atoms with Gasteiger partial charge in [0.25, 0.3) is 5.91 Å². The van der Waals surface area contributed by atoms with E-state index in [4.69, 9.17) is 0 Å². The molecule has 2 rings (SSSR count). The van der Waals surface area contributed by atoms with Crippen LogP contribution in [0.2, 0.25) is 0 Å². The lowest BCUT2D eigenvalue weighted by molar-refractivity contribution is 0.102. The van der Waals surface area contributed by atoms with E-state index in [0.29, 0.717) is 16.6 Å². The largest absolute Gasteiger partial charge is 0.296 e. The monoisotopic (exact) mass is 382 g/mol. The SMILES string of the molecule is CCC(CC)c1nnc(NC(=O)c2cc(S(=O)(=O)NC)ccc2C)s1. The number of sulfonamides is 1. The van der Waals surface area contributed by atoms with Crippen molar-refractivity contribution in [2.75, 3.05) is 12.4 Å². The van der Waals surface area contributed by atoms with Crippen LogP contribution in [0.5, 0.6) is 0 Å². The number of nitrogens with zero attached hydrogens (tertiary/aromatic N) is 2. The van der Waals surface area contributed by atoms with E-state index in [1.54, 1.807) is 13.0 Å². The predicted molar refractivity (Wildman–Crippen MR) is 98.6 cm³/mol. The molecule has 7 nitrogen and oxygen atoms in total. The van der Waals surface area contributed by atoms with Gasteiger partial charge in [0.2, 0.25) is 15.2 Å². The Kier molecular flexibility index (Phi) is 6.26. The van der Waals surface area contributed by atoms with Crippen molar-refractivity contribution in [2.45, 2.75) is 44.4 Å². The molecule has 1 heterocycles. The third-order valence-corrected chi connectivity index (χ3v) is 6.44. The fraction of sp³-hybridized carbons (Fsp3) is 0.438. The molecule has 2 aromatic rings. The van der Waals surface area contributed by atoms with Crippen LogP contribution in [-0.4, -0.2) is 31.6 Å². The number of aromatic nitrogens is 2. The van der Waals surface area contributed by atoms with E-state index >= 15 is 0 Å². The molecule has 9 heteroatoms. The van der Waals surface area contributed by atoms with Crippen molar-refractivity contribution in [1.82, 2.24) is 14.9 Å². The normalized spacial score (nSPS) is 11.7. The highest BCUT2D eigenvalue weighted by Crippen LogP contribution is 2.28. The molecule has 1 aromatic carbocycles. The molecule has 136 valence electrons. The highest BCUT2D eigenvalue weighted by atomic mass is 32.2. The lowest BCUT2D eigenvalue weighted by Gasteiger charge is -2.09. The standard InChI is InChI=1S/C16H22N4O3S2/c1-5-11(6-2)15-19-20-16(24-15)18-14(21)13-9-12(8-7-10(13)3)25(22,23)17-4/h7-9,11,17H,5-6H2,1-4H3,(H,18,20,21). The first-order valence-electron chi connectivity index (χ1n) is 8.01. The first-order chi connectivity index (χ1) is 11.8. The minimum Gasteiger partial charge on any atom is -0.296 e. The van der Waals surface area contributed by atoms with Crippen LogP contribution >= 0.6 is 11.3 Å². The van der Waals surface area contributed by atoms with Gasteiger partial charge in [-0.1, -0.05) is 31.3 Å². The number of rotatable bonds is 7. The lowest BCUT2D eigenvalue weighted by atomic mass is 10.1. The van der Waals surface area contributed by atoms with E-state index in [1.165, 1.54) is 30.5 Å². The van der Waals surface area contributed by atoms with Crippen LogP contribution in [0.15, 0.2) is 23.1 Å². The molecule has 0 radical (unpaired) electrons. The molecule has 0 spiro atoms. The summed E-state index contributed by atoms with van der Waals surface area (Å²) in [4.78, 5) is 12.6. The van der Waals surface area contributed by atoms with Gasteiger partial charge in [-0.05, 0) is 44.5 Å². The van der Waals surface area contributed by atoms with Crippen molar-refractivity contribution in [3.63, 3.8) is 0 Å². The third-order valence-electron chi connectivity index (χ3n) is 4.03. The number of anilines is 1. The summed E-state index contributed by atoms with van der Waals surface area (Å²) >= 11 is 1.35. The molecule has 0 aliphatic carbocycles. The fourth-order valence-electron chi connectivity index (χ4n) is 2.38. The van der Waals surface area contributed by atoms with Crippen LogP contribution < -0.4 is 10.0 Å². The quantitative estimate of drug-likeness (QED) is 0.767. The van der Waals surface area contributed by atoms with E-state index in [1.807, 2.05) is 0 Å². The van der Waals surface area contributed by atoms with Crippen molar-refractivity contribution in [2.24, 2.45) is 0 Å². The molecule has 1 amide bonds. The Balaban J connectivity index is 2.25. The van der Waals surface area contributed by atoms with Gasteiger partial charge in [0, 0.05) is 11.5 Å². The van der Waals surface area contributed by atoms with E-state index in [0.717, 1.165) is 17.8 Å². The maximum atomic E-state index is 12.5. The van der Waals surface area contributed by atoms with Gasteiger partial charge in [-0.25, -0.2) is 13.1 Å². The van der Waals surface area contributed by atoms with Gasteiger partial charge in [-0.3, -0.25) is 10.1 Å². The topological polar surface area (TPSA) is 101 Å². The van der Waals surface area contributed by atoms with Crippen LogP contribution in [-0.2, 0) is 10.0 Å². The summed E-state index contributed by atoms with van der Waals surface area (Å²) in [7, 11) is -2.28. The van der Waals surface area contributed by atoms with Crippen molar-refractivity contribution < 1.29 is 13.2 Å². The zero-order valence-corrected chi connectivity index (χ0v) is 16.3. The highest BCUT2D eigenvalue weighted by Gasteiger charge is 2.19. The summed E-state index contributed by atoms with van der Waals surface area (Å²) in [5.41, 5.74) is 0.966. The molecule has 2 N–H and O–H groups in total. The lowest BCUT2D eigenvalue weighted by Crippen LogP contribution is -2.20. The molecule has 0 unspecified atom stereocenters. The summed E-state index contributed by atoms with van der Waals surface area (Å²) < 4.78 is 26.1. The van der Waals surface area contributed by atoms with Crippen LogP contribution in [0.25, 0.3) is 0 Å². The number of aryl methyl sites for hydroxylation is 1. The number of benzene rings is 1. The summed E-state index contributed by atoms with van der Waals surface area (Å²) in [6.45, 7) is 5.93. The Morgan fingerprint density at radius 2 is 1.92 bits per heavy atom. The van der Waals surface area contributed by atoms with Gasteiger partial charge in [0.15, 0.2) is 0 Å². The Morgan fingerprint density at radius 3 is 2.52 bits per heavy atom. The maximum absolute atomic E-state index is 12.5. The molecule has 0 fully saturated rings. The second-order valence-electron chi connectivity index (χ2n) is 5.60. The van der Waals surface area contributed by atoms with E-state index < -0.39 is 15.9 Å². The number of carbonyl (C=O) groups excluding carboxylic acids is 1. The van der Waals surface area contributed by atoms with E-state index in [-0.39, 0.29) is 10.5 Å². The van der Waals surface area contributed by atoms with Gasteiger partial charge in [-0.2, -0.15) is 0 Å². The van der Waals surface area contributed by atoms with Gasteiger partial charge < -0.3 is 0 Å². The molecule has 0 saturated carbocycles. The predicted octanol–water partition coefficient (Wildman–Crippen LogP) is 2.91. The van der Waals surface area contributed by atoms with Crippen LogP contribution in [0.3, 0.4) is 0 Å². The average molecular weight is 383 g/mol. The molecule has 1 aromatic heterocycles. The Hall–Kier alpha value is -1.84. The minimum absolute atomic E-state index is 0.0423. The molecule has 0 aliphatic rings. The van der Waals surface area contributed by atoms with Crippen LogP contribution in [0, 0.1) is 6.92 Å². The molecule has 25 heavy (non-hydrogen) atoms. The molecule has 0 atom stereocenters. The number of hydrogen-bond donors (Lipinski definition) is 2. The Labute approximate surface area is 151 Å². The second kappa shape index (κ2) is 8.03. The van der Waals surface area contributed by atoms with Crippen LogP contribution in [0.1, 0.15) is 53.5 Å². The molecule has 0 bridgehead atoms. The average Bonchev–Trinajstić information content (AvgIpc) is 3.04.